The van der Waals surface area contributed by atoms with E-state index in [0.717, 1.165) is 12.0 Å². The first-order valence-corrected chi connectivity index (χ1v) is 10.5. The lowest BCUT2D eigenvalue weighted by Crippen LogP contribution is -2.34. The van der Waals surface area contributed by atoms with Gasteiger partial charge in [-0.15, -0.1) is 0 Å². The number of aryl methyl sites for hydroxylation is 2. The smallest absolute Gasteiger partial charge is 0.245 e. The minimum Gasteiger partial charge on any atom is -0.338 e. The number of hydrogen-bond acceptors (Lipinski definition) is 5. The largest absolute Gasteiger partial charge is 0.338 e. The van der Waals surface area contributed by atoms with Crippen molar-refractivity contribution < 1.29 is 17.3 Å². The number of hydrogen-bond donors (Lipinski definition) is 0. The molecule has 0 N–H and O–H groups in total. The molecule has 1 aromatic heterocycles. The summed E-state index contributed by atoms with van der Waals surface area (Å²) in [6.07, 6.45) is 0.169. The highest BCUT2D eigenvalue weighted by Gasteiger charge is 2.43. The fourth-order valence-corrected chi connectivity index (χ4v) is 5.20. The molecule has 0 saturated carbocycles. The van der Waals surface area contributed by atoms with Crippen molar-refractivity contribution in [1.82, 2.24) is 14.4 Å². The van der Waals surface area contributed by atoms with Gasteiger partial charge in [-0.1, -0.05) is 49.3 Å². The molecule has 142 valence electrons. The van der Waals surface area contributed by atoms with Crippen LogP contribution < -0.4 is 0 Å². The molecule has 1 aromatic carbocycles. The molecular weight excluding hydrogens is 357 g/mol. The van der Waals surface area contributed by atoms with E-state index >= 15 is 0 Å². The molecule has 0 bridgehead atoms. The zero-order valence-electron chi connectivity index (χ0n) is 15.0. The van der Waals surface area contributed by atoms with Crippen LogP contribution in [0.4, 0.5) is 4.39 Å². The van der Waals surface area contributed by atoms with Crippen molar-refractivity contribution in [1.29, 1.82) is 0 Å². The Morgan fingerprint density at radius 3 is 2.69 bits per heavy atom. The maximum absolute atomic E-state index is 14.0. The first-order chi connectivity index (χ1) is 12.3. The van der Waals surface area contributed by atoms with Gasteiger partial charge in [-0.05, 0) is 17.9 Å². The fraction of sp³-hybridized carbons (Fsp3) is 0.556. The van der Waals surface area contributed by atoms with Crippen LogP contribution in [-0.4, -0.2) is 41.3 Å². The molecule has 6 nitrogen and oxygen atoms in total. The topological polar surface area (TPSA) is 76.3 Å². The fourth-order valence-electron chi connectivity index (χ4n) is 3.21. The van der Waals surface area contributed by atoms with Crippen LogP contribution in [0.3, 0.4) is 0 Å². The van der Waals surface area contributed by atoms with E-state index in [1.54, 1.807) is 0 Å². The van der Waals surface area contributed by atoms with Crippen molar-refractivity contribution in [2.75, 3.05) is 12.3 Å². The molecule has 1 aliphatic rings. The van der Waals surface area contributed by atoms with Crippen molar-refractivity contribution in [3.8, 4) is 0 Å². The van der Waals surface area contributed by atoms with Crippen molar-refractivity contribution in [2.24, 2.45) is 5.92 Å². The highest BCUT2D eigenvalue weighted by atomic mass is 32.2. The van der Waals surface area contributed by atoms with E-state index < -0.39 is 22.2 Å². The van der Waals surface area contributed by atoms with Gasteiger partial charge >= 0.3 is 0 Å². The third-order valence-corrected chi connectivity index (χ3v) is 6.56. The zero-order valence-corrected chi connectivity index (χ0v) is 15.8. The number of alkyl halides is 1. The second kappa shape index (κ2) is 7.84. The standard InChI is InChI=1S/C18H24FN3O3S/c1-13(2)12-26(23,24)22-11-15(19)10-16(22)18-20-17(21-25-18)9-8-14-6-4-3-5-7-14/h3-7,13,15-16H,8-12H2,1-2H3/t15-,16+/m1/s1. The van der Waals surface area contributed by atoms with Gasteiger partial charge < -0.3 is 4.52 Å². The summed E-state index contributed by atoms with van der Waals surface area (Å²) in [7, 11) is -3.57. The lowest BCUT2D eigenvalue weighted by atomic mass is 10.1. The molecule has 8 heteroatoms. The maximum Gasteiger partial charge on any atom is 0.245 e. The van der Waals surface area contributed by atoms with Gasteiger partial charge in [0.25, 0.3) is 0 Å². The summed E-state index contributed by atoms with van der Waals surface area (Å²) < 4.78 is 45.5. The highest BCUT2D eigenvalue weighted by Crippen LogP contribution is 2.35. The van der Waals surface area contributed by atoms with Crippen LogP contribution in [0.1, 0.15) is 43.6 Å². The van der Waals surface area contributed by atoms with E-state index in [1.165, 1.54) is 4.31 Å². The molecular formula is C18H24FN3O3S. The van der Waals surface area contributed by atoms with Crippen LogP contribution in [0.2, 0.25) is 0 Å². The molecule has 3 rings (SSSR count). The molecule has 0 radical (unpaired) electrons. The van der Waals surface area contributed by atoms with E-state index in [2.05, 4.69) is 10.1 Å². The van der Waals surface area contributed by atoms with Gasteiger partial charge in [0.15, 0.2) is 5.82 Å². The summed E-state index contributed by atoms with van der Waals surface area (Å²) in [4.78, 5) is 4.33. The van der Waals surface area contributed by atoms with Gasteiger partial charge in [0.1, 0.15) is 12.2 Å². The summed E-state index contributed by atoms with van der Waals surface area (Å²) in [5.41, 5.74) is 1.16. The lowest BCUT2D eigenvalue weighted by Gasteiger charge is -2.21. The Morgan fingerprint density at radius 2 is 2.00 bits per heavy atom. The van der Waals surface area contributed by atoms with Crippen molar-refractivity contribution in [2.45, 2.75) is 45.3 Å². The first-order valence-electron chi connectivity index (χ1n) is 8.85. The lowest BCUT2D eigenvalue weighted by molar-refractivity contribution is 0.288. The van der Waals surface area contributed by atoms with E-state index in [1.807, 2.05) is 44.2 Å². The van der Waals surface area contributed by atoms with Gasteiger partial charge in [0, 0.05) is 19.4 Å². The number of halogens is 1. The van der Waals surface area contributed by atoms with Crippen molar-refractivity contribution in [3.63, 3.8) is 0 Å². The van der Waals surface area contributed by atoms with Crippen LogP contribution in [0.15, 0.2) is 34.9 Å². The summed E-state index contributed by atoms with van der Waals surface area (Å²) in [6.45, 7) is 3.50. The maximum atomic E-state index is 14.0. The Balaban J connectivity index is 1.72. The predicted octanol–water partition coefficient (Wildman–Crippen LogP) is 2.93. The molecule has 26 heavy (non-hydrogen) atoms. The minimum atomic E-state index is -3.57. The van der Waals surface area contributed by atoms with Crippen LogP contribution in [0.25, 0.3) is 0 Å². The van der Waals surface area contributed by atoms with Crippen molar-refractivity contribution in [3.05, 3.63) is 47.6 Å². The normalized spacial score (nSPS) is 21.5. The third kappa shape index (κ3) is 4.48. The van der Waals surface area contributed by atoms with E-state index in [0.29, 0.717) is 12.2 Å². The number of rotatable bonds is 7. The number of benzene rings is 1. The Morgan fingerprint density at radius 1 is 1.27 bits per heavy atom. The Bertz CT molecular complexity index is 823. The molecule has 0 spiro atoms. The van der Waals surface area contributed by atoms with Gasteiger partial charge in [-0.25, -0.2) is 12.8 Å². The van der Waals surface area contributed by atoms with Crippen LogP contribution in [0.5, 0.6) is 0 Å². The van der Waals surface area contributed by atoms with Gasteiger partial charge in [-0.2, -0.15) is 9.29 Å². The zero-order chi connectivity index (χ0) is 18.7. The quantitative estimate of drug-likeness (QED) is 0.737. The molecule has 1 aliphatic heterocycles. The molecule has 2 heterocycles. The highest BCUT2D eigenvalue weighted by molar-refractivity contribution is 7.89. The number of aromatic nitrogens is 2. The average Bonchev–Trinajstić information content (AvgIpc) is 3.19. The van der Waals surface area contributed by atoms with Gasteiger partial charge in [-0.3, -0.25) is 0 Å². The second-order valence-corrected chi connectivity index (χ2v) is 9.09. The monoisotopic (exact) mass is 381 g/mol. The molecule has 2 aromatic rings. The van der Waals surface area contributed by atoms with E-state index in [9.17, 15) is 12.8 Å². The molecule has 0 amide bonds. The number of sulfonamides is 1. The molecule has 1 saturated heterocycles. The van der Waals surface area contributed by atoms with Crippen LogP contribution >= 0.6 is 0 Å². The Kier molecular flexibility index (Phi) is 5.72. The SMILES string of the molecule is CC(C)CS(=O)(=O)N1C[C@H](F)C[C@H]1c1nc(CCc2ccccc2)no1. The Labute approximate surface area is 153 Å². The van der Waals surface area contributed by atoms with Crippen LogP contribution in [-0.2, 0) is 22.9 Å². The Hall–Kier alpha value is -1.80. The summed E-state index contributed by atoms with van der Waals surface area (Å²) in [6, 6.07) is 9.21. The minimum absolute atomic E-state index is 0.0226. The predicted molar refractivity (Wildman–Crippen MR) is 95.7 cm³/mol. The molecule has 1 fully saturated rings. The second-order valence-electron chi connectivity index (χ2n) is 7.13. The summed E-state index contributed by atoms with van der Waals surface area (Å²) in [5.74, 6) is 0.627. The molecule has 0 aliphatic carbocycles. The van der Waals surface area contributed by atoms with Crippen molar-refractivity contribution >= 4 is 10.0 Å². The first kappa shape index (κ1) is 19.0. The van der Waals surface area contributed by atoms with Crippen LogP contribution in [0, 0.1) is 5.92 Å². The molecule has 2 atom stereocenters. The summed E-state index contributed by atoms with van der Waals surface area (Å²) in [5, 5.41) is 3.95. The van der Waals surface area contributed by atoms with E-state index in [4.69, 9.17) is 4.52 Å². The van der Waals surface area contributed by atoms with Gasteiger partial charge in [0.05, 0.1) is 5.75 Å². The molecule has 0 unspecified atom stereocenters. The average molecular weight is 381 g/mol. The summed E-state index contributed by atoms with van der Waals surface area (Å²) >= 11 is 0. The van der Waals surface area contributed by atoms with E-state index in [-0.39, 0.29) is 30.5 Å². The third-order valence-electron chi connectivity index (χ3n) is 4.35. The van der Waals surface area contributed by atoms with Gasteiger partial charge in [0.2, 0.25) is 15.9 Å². The number of nitrogens with zero attached hydrogens (tertiary/aromatic N) is 3.